The maximum absolute atomic E-state index is 5.37. The number of aromatic nitrogens is 1. The van der Waals surface area contributed by atoms with Crippen molar-refractivity contribution < 1.29 is 4.74 Å². The first-order chi connectivity index (χ1) is 12.7. The Bertz CT molecular complexity index is 873. The highest BCUT2D eigenvalue weighted by Gasteiger charge is 2.29. The lowest BCUT2D eigenvalue weighted by molar-refractivity contribution is 0.158. The second kappa shape index (κ2) is 7.16. The van der Waals surface area contributed by atoms with Crippen molar-refractivity contribution in [2.24, 2.45) is 5.92 Å². The number of para-hydroxylation sites is 1. The van der Waals surface area contributed by atoms with E-state index in [1.165, 1.54) is 40.6 Å². The molecule has 3 heteroatoms. The molecule has 0 aliphatic carbocycles. The van der Waals surface area contributed by atoms with E-state index < -0.39 is 0 Å². The molecule has 0 amide bonds. The normalized spacial score (nSPS) is 17.5. The highest BCUT2D eigenvalue weighted by molar-refractivity contribution is 5.85. The van der Waals surface area contributed by atoms with E-state index in [4.69, 9.17) is 4.74 Å². The van der Waals surface area contributed by atoms with Gasteiger partial charge in [-0.25, -0.2) is 0 Å². The lowest BCUT2D eigenvalue weighted by Crippen LogP contribution is -2.37. The molecule has 4 rings (SSSR count). The summed E-state index contributed by atoms with van der Waals surface area (Å²) in [7, 11) is 1.72. The van der Waals surface area contributed by atoms with Crippen molar-refractivity contribution in [2.75, 3.05) is 20.2 Å². The molecule has 1 fully saturated rings. The van der Waals surface area contributed by atoms with E-state index in [2.05, 4.69) is 72.3 Å². The summed E-state index contributed by atoms with van der Waals surface area (Å²) in [6.45, 7) is 6.88. The summed E-state index contributed by atoms with van der Waals surface area (Å²) in [5.74, 6) is 1.74. The van der Waals surface area contributed by atoms with Crippen molar-refractivity contribution in [3.8, 4) is 5.75 Å². The number of ether oxygens (including phenoxy) is 1. The lowest BCUT2D eigenvalue weighted by atomic mass is 9.90. The van der Waals surface area contributed by atoms with Crippen LogP contribution in [0.25, 0.3) is 10.9 Å². The quantitative estimate of drug-likeness (QED) is 0.692. The van der Waals surface area contributed by atoms with Crippen molar-refractivity contribution >= 4 is 10.9 Å². The third-order valence-corrected chi connectivity index (χ3v) is 5.83. The van der Waals surface area contributed by atoms with Gasteiger partial charge in [-0.15, -0.1) is 0 Å². The van der Waals surface area contributed by atoms with Gasteiger partial charge in [0.25, 0.3) is 0 Å². The van der Waals surface area contributed by atoms with Crippen LogP contribution in [0.2, 0.25) is 0 Å². The molecular weight excluding hydrogens is 320 g/mol. The summed E-state index contributed by atoms with van der Waals surface area (Å²) in [6, 6.07) is 17.6. The van der Waals surface area contributed by atoms with Crippen LogP contribution >= 0.6 is 0 Å². The van der Waals surface area contributed by atoms with Gasteiger partial charge >= 0.3 is 0 Å². The third-order valence-electron chi connectivity index (χ3n) is 5.83. The van der Waals surface area contributed by atoms with E-state index >= 15 is 0 Å². The molecule has 1 N–H and O–H groups in total. The van der Waals surface area contributed by atoms with Gasteiger partial charge in [0.1, 0.15) is 5.75 Å². The van der Waals surface area contributed by atoms with Crippen LogP contribution in [0.1, 0.15) is 42.6 Å². The zero-order chi connectivity index (χ0) is 18.1. The predicted molar refractivity (Wildman–Crippen MR) is 108 cm³/mol. The van der Waals surface area contributed by atoms with Crippen molar-refractivity contribution in [2.45, 2.75) is 32.7 Å². The van der Waals surface area contributed by atoms with E-state index in [9.17, 15) is 0 Å². The van der Waals surface area contributed by atoms with Gasteiger partial charge in [-0.1, -0.05) is 37.3 Å². The van der Waals surface area contributed by atoms with Gasteiger partial charge in [-0.3, -0.25) is 4.90 Å². The smallest absolute Gasteiger partial charge is 0.118 e. The fraction of sp³-hybridized carbons (Fsp3) is 0.391. The molecule has 1 saturated heterocycles. The molecule has 2 heterocycles. The summed E-state index contributed by atoms with van der Waals surface area (Å²) in [4.78, 5) is 6.25. The Kier molecular flexibility index (Phi) is 4.73. The van der Waals surface area contributed by atoms with Gasteiger partial charge in [0.2, 0.25) is 0 Å². The largest absolute Gasteiger partial charge is 0.497 e. The number of fused-ring (bicyclic) bond motifs is 1. The van der Waals surface area contributed by atoms with Crippen LogP contribution < -0.4 is 4.74 Å². The van der Waals surface area contributed by atoms with Crippen molar-refractivity contribution in [3.63, 3.8) is 0 Å². The van der Waals surface area contributed by atoms with Gasteiger partial charge < -0.3 is 9.72 Å². The molecule has 26 heavy (non-hydrogen) atoms. The molecule has 1 aliphatic rings. The molecule has 0 unspecified atom stereocenters. The van der Waals surface area contributed by atoms with Crippen molar-refractivity contribution in [1.82, 2.24) is 9.88 Å². The van der Waals surface area contributed by atoms with Crippen LogP contribution in [0.5, 0.6) is 5.75 Å². The highest BCUT2D eigenvalue weighted by atomic mass is 16.5. The zero-order valence-corrected chi connectivity index (χ0v) is 16.0. The van der Waals surface area contributed by atoms with Crippen LogP contribution in [-0.4, -0.2) is 30.1 Å². The number of likely N-dealkylation sites (tertiary alicyclic amines) is 1. The monoisotopic (exact) mass is 348 g/mol. The number of benzene rings is 2. The summed E-state index contributed by atoms with van der Waals surface area (Å²) in [5, 5.41) is 1.34. The van der Waals surface area contributed by atoms with Crippen molar-refractivity contribution in [1.29, 1.82) is 0 Å². The highest BCUT2D eigenvalue weighted by Crippen LogP contribution is 2.38. The fourth-order valence-corrected chi connectivity index (χ4v) is 4.28. The number of methoxy groups -OCH3 is 1. The first kappa shape index (κ1) is 17.2. The standard InChI is InChI=1S/C23H28N2O/c1-16-12-14-25(15-13-16)23(18-8-10-19(26-3)11-9-18)22-17(2)24-21-7-5-4-6-20(21)22/h4-11,16,23-24H,12-15H2,1-3H3/t23-/m0/s1. The number of aromatic amines is 1. The van der Waals surface area contributed by atoms with E-state index in [0.29, 0.717) is 0 Å². The number of hydrogen-bond acceptors (Lipinski definition) is 2. The molecule has 1 aromatic heterocycles. The minimum atomic E-state index is 0.282. The number of aryl methyl sites for hydroxylation is 1. The van der Waals surface area contributed by atoms with Crippen LogP contribution in [0.3, 0.4) is 0 Å². The number of nitrogens with zero attached hydrogens (tertiary/aromatic N) is 1. The Morgan fingerprint density at radius 3 is 2.42 bits per heavy atom. The molecule has 3 nitrogen and oxygen atoms in total. The van der Waals surface area contributed by atoms with Crippen LogP contribution in [0, 0.1) is 12.8 Å². The molecule has 136 valence electrons. The number of piperidine rings is 1. The molecule has 0 radical (unpaired) electrons. The summed E-state index contributed by atoms with van der Waals surface area (Å²) < 4.78 is 5.37. The van der Waals surface area contributed by atoms with Crippen LogP contribution in [0.4, 0.5) is 0 Å². The fourth-order valence-electron chi connectivity index (χ4n) is 4.28. The van der Waals surface area contributed by atoms with Gasteiger partial charge in [0.15, 0.2) is 0 Å². The first-order valence-electron chi connectivity index (χ1n) is 9.62. The predicted octanol–water partition coefficient (Wildman–Crippen LogP) is 5.31. The van der Waals surface area contributed by atoms with E-state index in [1.54, 1.807) is 7.11 Å². The van der Waals surface area contributed by atoms with Crippen LogP contribution in [0.15, 0.2) is 48.5 Å². The minimum Gasteiger partial charge on any atom is -0.497 e. The number of nitrogens with one attached hydrogen (secondary N) is 1. The molecule has 1 atom stereocenters. The molecule has 2 aromatic carbocycles. The number of hydrogen-bond donors (Lipinski definition) is 1. The first-order valence-corrected chi connectivity index (χ1v) is 9.62. The molecule has 0 bridgehead atoms. The van der Waals surface area contributed by atoms with Gasteiger partial charge in [-0.05, 0) is 62.5 Å². The summed E-state index contributed by atoms with van der Waals surface area (Å²) in [6.07, 6.45) is 2.54. The number of H-pyrrole nitrogens is 1. The molecule has 1 aliphatic heterocycles. The Morgan fingerprint density at radius 2 is 1.73 bits per heavy atom. The Labute approximate surface area is 156 Å². The van der Waals surface area contributed by atoms with Crippen LogP contribution in [-0.2, 0) is 0 Å². The SMILES string of the molecule is COc1ccc([C@@H](c2c(C)[nH]c3ccccc23)N2CCC(C)CC2)cc1. The average molecular weight is 348 g/mol. The zero-order valence-electron chi connectivity index (χ0n) is 16.0. The van der Waals surface area contributed by atoms with Gasteiger partial charge in [-0.2, -0.15) is 0 Å². The number of rotatable bonds is 4. The Hall–Kier alpha value is -2.26. The average Bonchev–Trinajstić information content (AvgIpc) is 3.00. The Morgan fingerprint density at radius 1 is 1.04 bits per heavy atom. The second-order valence-electron chi connectivity index (χ2n) is 7.60. The topological polar surface area (TPSA) is 28.3 Å². The van der Waals surface area contributed by atoms with Gasteiger partial charge in [0.05, 0.1) is 13.2 Å². The van der Waals surface area contributed by atoms with E-state index in [0.717, 1.165) is 24.8 Å². The minimum absolute atomic E-state index is 0.282. The van der Waals surface area contributed by atoms with Gasteiger partial charge in [0, 0.05) is 22.2 Å². The van der Waals surface area contributed by atoms with E-state index in [1.807, 2.05) is 0 Å². The lowest BCUT2D eigenvalue weighted by Gasteiger charge is -2.37. The molecule has 0 spiro atoms. The maximum Gasteiger partial charge on any atom is 0.118 e. The summed E-state index contributed by atoms with van der Waals surface area (Å²) >= 11 is 0. The molecule has 0 saturated carbocycles. The molecular formula is C23H28N2O. The second-order valence-corrected chi connectivity index (χ2v) is 7.60. The third kappa shape index (κ3) is 3.12. The summed E-state index contributed by atoms with van der Waals surface area (Å²) in [5.41, 5.74) is 5.25. The van der Waals surface area contributed by atoms with Crippen molar-refractivity contribution in [3.05, 3.63) is 65.4 Å². The maximum atomic E-state index is 5.37. The molecule has 3 aromatic rings. The Balaban J connectivity index is 1.82. The van der Waals surface area contributed by atoms with E-state index in [-0.39, 0.29) is 6.04 Å².